The van der Waals surface area contributed by atoms with Crippen molar-refractivity contribution in [2.45, 2.75) is 39.2 Å². The smallest absolute Gasteiger partial charge is 0.243 e. The third-order valence-electron chi connectivity index (χ3n) is 3.52. The number of nitrogens with one attached hydrogen (secondary N) is 1. The highest BCUT2D eigenvalue weighted by Crippen LogP contribution is 2.18. The van der Waals surface area contributed by atoms with Gasteiger partial charge in [0.25, 0.3) is 0 Å². The summed E-state index contributed by atoms with van der Waals surface area (Å²) in [5, 5.41) is 2.67. The Kier molecular flexibility index (Phi) is 6.12. The molecule has 0 aromatic rings. The maximum Gasteiger partial charge on any atom is 0.243 e. The van der Waals surface area contributed by atoms with Crippen molar-refractivity contribution in [3.05, 3.63) is 0 Å². The van der Waals surface area contributed by atoms with Gasteiger partial charge in [0, 0.05) is 20.3 Å². The van der Waals surface area contributed by atoms with Crippen LogP contribution in [-0.4, -0.2) is 49.6 Å². The van der Waals surface area contributed by atoms with Crippen LogP contribution in [0.5, 0.6) is 0 Å². The lowest BCUT2D eigenvalue weighted by Gasteiger charge is -2.38. The Hall–Kier alpha value is -1.10. The number of piperazine rings is 1. The van der Waals surface area contributed by atoms with E-state index in [1.165, 1.54) is 0 Å². The van der Waals surface area contributed by atoms with Crippen molar-refractivity contribution < 1.29 is 14.3 Å². The SMILES string of the molecule is CCC(C)C1C(=O)NCC(=O)N1CCCCOC. The quantitative estimate of drug-likeness (QED) is 0.685. The first-order valence-electron chi connectivity index (χ1n) is 6.68. The highest BCUT2D eigenvalue weighted by Gasteiger charge is 2.36. The van der Waals surface area contributed by atoms with Gasteiger partial charge in [-0.05, 0) is 18.8 Å². The maximum atomic E-state index is 11.9. The molecule has 1 saturated heterocycles. The molecular weight excluding hydrogens is 232 g/mol. The number of carbonyl (C=O) groups is 2. The van der Waals surface area contributed by atoms with E-state index in [-0.39, 0.29) is 30.3 Å². The van der Waals surface area contributed by atoms with Crippen LogP contribution in [0.15, 0.2) is 0 Å². The van der Waals surface area contributed by atoms with Crippen LogP contribution in [0.25, 0.3) is 0 Å². The molecule has 0 aliphatic carbocycles. The standard InChI is InChI=1S/C13H24N2O3/c1-4-10(2)12-13(17)14-9-11(16)15(12)7-5-6-8-18-3/h10,12H,4-9H2,1-3H3,(H,14,17). The summed E-state index contributed by atoms with van der Waals surface area (Å²) in [6.45, 7) is 5.54. The normalized spacial score (nSPS) is 21.9. The van der Waals surface area contributed by atoms with Gasteiger partial charge in [0.2, 0.25) is 11.8 Å². The average Bonchev–Trinajstić information content (AvgIpc) is 2.37. The molecule has 1 aliphatic heterocycles. The Labute approximate surface area is 109 Å². The van der Waals surface area contributed by atoms with Crippen LogP contribution >= 0.6 is 0 Å². The highest BCUT2D eigenvalue weighted by atomic mass is 16.5. The number of rotatable bonds is 7. The molecule has 5 heteroatoms. The monoisotopic (exact) mass is 256 g/mol. The number of unbranched alkanes of at least 4 members (excludes halogenated alkanes) is 1. The van der Waals surface area contributed by atoms with Gasteiger partial charge in [-0.15, -0.1) is 0 Å². The zero-order chi connectivity index (χ0) is 13.5. The molecule has 2 atom stereocenters. The molecule has 2 amide bonds. The first-order valence-corrected chi connectivity index (χ1v) is 6.68. The maximum absolute atomic E-state index is 11.9. The largest absolute Gasteiger partial charge is 0.385 e. The van der Waals surface area contributed by atoms with Crippen LogP contribution < -0.4 is 5.32 Å². The van der Waals surface area contributed by atoms with E-state index >= 15 is 0 Å². The van der Waals surface area contributed by atoms with Gasteiger partial charge in [0.1, 0.15) is 6.04 Å². The third-order valence-corrected chi connectivity index (χ3v) is 3.52. The predicted octanol–water partition coefficient (Wildman–Crippen LogP) is 0.786. The summed E-state index contributed by atoms with van der Waals surface area (Å²) < 4.78 is 4.99. The van der Waals surface area contributed by atoms with E-state index in [4.69, 9.17) is 4.74 Å². The summed E-state index contributed by atoms with van der Waals surface area (Å²) in [5.74, 6) is 0.199. The Morgan fingerprint density at radius 3 is 2.78 bits per heavy atom. The number of hydrogen-bond donors (Lipinski definition) is 1. The van der Waals surface area contributed by atoms with Crippen LogP contribution in [0.2, 0.25) is 0 Å². The van der Waals surface area contributed by atoms with Crippen molar-refractivity contribution in [3.63, 3.8) is 0 Å². The molecule has 0 bridgehead atoms. The fourth-order valence-corrected chi connectivity index (χ4v) is 2.25. The summed E-state index contributed by atoms with van der Waals surface area (Å²) in [4.78, 5) is 25.6. The van der Waals surface area contributed by atoms with Gasteiger partial charge >= 0.3 is 0 Å². The average molecular weight is 256 g/mol. The first kappa shape index (κ1) is 15.0. The molecule has 0 saturated carbocycles. The fourth-order valence-electron chi connectivity index (χ4n) is 2.25. The van der Waals surface area contributed by atoms with Gasteiger partial charge in [0.05, 0.1) is 6.54 Å². The Bertz CT molecular complexity index is 294. The molecule has 0 aromatic heterocycles. The molecule has 1 N–H and O–H groups in total. The molecule has 0 spiro atoms. The second-order valence-electron chi connectivity index (χ2n) is 4.84. The van der Waals surface area contributed by atoms with E-state index in [2.05, 4.69) is 5.32 Å². The molecular formula is C13H24N2O3. The van der Waals surface area contributed by atoms with E-state index in [0.717, 1.165) is 19.3 Å². The Morgan fingerprint density at radius 1 is 1.44 bits per heavy atom. The summed E-state index contributed by atoms with van der Waals surface area (Å²) in [6.07, 6.45) is 2.68. The van der Waals surface area contributed by atoms with Crippen LogP contribution in [0.4, 0.5) is 0 Å². The lowest BCUT2D eigenvalue weighted by atomic mass is 9.95. The zero-order valence-electron chi connectivity index (χ0n) is 11.6. The van der Waals surface area contributed by atoms with Gasteiger partial charge in [-0.3, -0.25) is 9.59 Å². The van der Waals surface area contributed by atoms with Crippen molar-refractivity contribution >= 4 is 11.8 Å². The van der Waals surface area contributed by atoms with Crippen molar-refractivity contribution in [2.75, 3.05) is 26.8 Å². The summed E-state index contributed by atoms with van der Waals surface area (Å²) >= 11 is 0. The minimum atomic E-state index is -0.307. The minimum absolute atomic E-state index is 0.0179. The second kappa shape index (κ2) is 7.36. The molecule has 1 aliphatic rings. The van der Waals surface area contributed by atoms with Crippen molar-refractivity contribution in [3.8, 4) is 0 Å². The summed E-state index contributed by atoms with van der Waals surface area (Å²) in [7, 11) is 1.67. The first-order chi connectivity index (χ1) is 8.61. The predicted molar refractivity (Wildman–Crippen MR) is 69.1 cm³/mol. The number of amides is 2. The Balaban J connectivity index is 2.61. The number of methoxy groups -OCH3 is 1. The highest BCUT2D eigenvalue weighted by molar-refractivity contribution is 5.94. The van der Waals surface area contributed by atoms with Crippen LogP contribution in [0, 0.1) is 5.92 Å². The summed E-state index contributed by atoms with van der Waals surface area (Å²) in [5.41, 5.74) is 0. The molecule has 1 fully saturated rings. The van der Waals surface area contributed by atoms with Gasteiger partial charge in [0.15, 0.2) is 0 Å². The Morgan fingerprint density at radius 2 is 2.17 bits per heavy atom. The molecule has 1 rings (SSSR count). The van der Waals surface area contributed by atoms with E-state index in [9.17, 15) is 9.59 Å². The second-order valence-corrected chi connectivity index (χ2v) is 4.84. The molecule has 5 nitrogen and oxygen atoms in total. The summed E-state index contributed by atoms with van der Waals surface area (Å²) in [6, 6.07) is -0.307. The topological polar surface area (TPSA) is 58.6 Å². The lowest BCUT2D eigenvalue weighted by molar-refractivity contribution is -0.147. The zero-order valence-corrected chi connectivity index (χ0v) is 11.6. The fraction of sp³-hybridized carbons (Fsp3) is 0.846. The van der Waals surface area contributed by atoms with Crippen LogP contribution in [0.1, 0.15) is 33.1 Å². The molecule has 18 heavy (non-hydrogen) atoms. The van der Waals surface area contributed by atoms with Crippen molar-refractivity contribution in [1.29, 1.82) is 0 Å². The van der Waals surface area contributed by atoms with Gasteiger partial charge in [-0.25, -0.2) is 0 Å². The van der Waals surface area contributed by atoms with Crippen LogP contribution in [0.3, 0.4) is 0 Å². The number of ether oxygens (including phenoxy) is 1. The number of nitrogens with zero attached hydrogens (tertiary/aromatic N) is 1. The number of hydrogen-bond acceptors (Lipinski definition) is 3. The van der Waals surface area contributed by atoms with Gasteiger partial charge in [-0.1, -0.05) is 20.3 Å². The van der Waals surface area contributed by atoms with Gasteiger partial charge in [-0.2, -0.15) is 0 Å². The third kappa shape index (κ3) is 3.70. The van der Waals surface area contributed by atoms with Crippen molar-refractivity contribution in [2.24, 2.45) is 5.92 Å². The van der Waals surface area contributed by atoms with Gasteiger partial charge < -0.3 is 15.0 Å². The van der Waals surface area contributed by atoms with E-state index in [1.807, 2.05) is 13.8 Å². The molecule has 0 aromatic carbocycles. The molecule has 1 heterocycles. The number of carbonyl (C=O) groups excluding carboxylic acids is 2. The lowest BCUT2D eigenvalue weighted by Crippen LogP contribution is -2.60. The van der Waals surface area contributed by atoms with Crippen LogP contribution in [-0.2, 0) is 14.3 Å². The van der Waals surface area contributed by atoms with E-state index in [0.29, 0.717) is 13.2 Å². The minimum Gasteiger partial charge on any atom is -0.385 e. The van der Waals surface area contributed by atoms with Crippen molar-refractivity contribution in [1.82, 2.24) is 10.2 Å². The van der Waals surface area contributed by atoms with E-state index < -0.39 is 0 Å². The molecule has 2 unspecified atom stereocenters. The molecule has 104 valence electrons. The molecule has 0 radical (unpaired) electrons. The van der Waals surface area contributed by atoms with E-state index in [1.54, 1.807) is 12.0 Å².